The lowest BCUT2D eigenvalue weighted by Gasteiger charge is -2.64. The van der Waals surface area contributed by atoms with Crippen molar-refractivity contribution in [2.24, 2.45) is 58.2 Å². The molecule has 0 spiro atoms. The number of amides is 1. The Morgan fingerprint density at radius 1 is 1.00 bits per heavy atom. The second kappa shape index (κ2) is 12.1. The van der Waals surface area contributed by atoms with Crippen LogP contribution in [0, 0.1) is 58.2 Å². The van der Waals surface area contributed by atoms with E-state index in [2.05, 4.69) is 33.0 Å². The van der Waals surface area contributed by atoms with Crippen molar-refractivity contribution in [2.75, 3.05) is 5.75 Å². The lowest BCUT2D eigenvalue weighted by Crippen LogP contribution is -2.62. The monoisotopic (exact) mass is 582 g/mol. The molecule has 0 heterocycles. The molecule has 40 heavy (non-hydrogen) atoms. The summed E-state index contributed by atoms with van der Waals surface area (Å²) < 4.78 is 34.1. The molecule has 0 unspecified atom stereocenters. The zero-order chi connectivity index (χ0) is 29.6. The average Bonchev–Trinajstić information content (AvgIpc) is 3.19. The SMILES string of the molecule is CC[C@H]1[C@@H](O)[C@@H]2[C@H](CC[C@]3(C)[C@@H]([C@H](C)CCC(=O)N[C@@H](CC(C)C)CS(=O)(=O)[O-])CC[C@@H]23)[C@@]2(C)CC[C@@H](O)C[C@@H]12. The van der Waals surface area contributed by atoms with Crippen LogP contribution in [0.5, 0.6) is 0 Å². The van der Waals surface area contributed by atoms with Crippen molar-refractivity contribution in [3.05, 3.63) is 0 Å². The lowest BCUT2D eigenvalue weighted by atomic mass is 9.41. The number of carbonyl (C=O) groups excluding carboxylic acids is 1. The van der Waals surface area contributed by atoms with Gasteiger partial charge in [-0.25, -0.2) is 8.42 Å². The largest absolute Gasteiger partial charge is 0.748 e. The molecule has 12 atom stereocenters. The van der Waals surface area contributed by atoms with Crippen molar-refractivity contribution in [2.45, 2.75) is 130 Å². The van der Waals surface area contributed by atoms with Crippen LogP contribution in [0.15, 0.2) is 0 Å². The van der Waals surface area contributed by atoms with Crippen LogP contribution in [0.1, 0.15) is 112 Å². The number of nitrogens with one attached hydrogen (secondary N) is 1. The molecule has 7 nitrogen and oxygen atoms in total. The molecule has 4 rings (SSSR count). The van der Waals surface area contributed by atoms with Gasteiger partial charge in [0.2, 0.25) is 5.91 Å². The predicted molar refractivity (Wildman–Crippen MR) is 156 cm³/mol. The van der Waals surface area contributed by atoms with Gasteiger partial charge in [0.05, 0.1) is 28.1 Å². The van der Waals surface area contributed by atoms with E-state index < -0.39 is 21.9 Å². The van der Waals surface area contributed by atoms with Gasteiger partial charge in [0.1, 0.15) is 0 Å². The highest BCUT2D eigenvalue weighted by atomic mass is 32.2. The fraction of sp³-hybridized carbons (Fsp3) is 0.969. The Labute approximate surface area is 243 Å². The molecule has 1 amide bonds. The lowest BCUT2D eigenvalue weighted by molar-refractivity contribution is -0.203. The quantitative estimate of drug-likeness (QED) is 0.308. The van der Waals surface area contributed by atoms with Crippen LogP contribution in [0.2, 0.25) is 0 Å². The standard InChI is InChI=1S/C32H57NO6S/c1-7-23-27-17-22(34)12-14-32(27,6)26-13-15-31(5)24(9-10-25(31)29(26)30(23)36)20(4)8-11-28(35)33-21(16-19(2)3)18-40(37,38)39/h19-27,29-30,34,36H,7-18H2,1-6H3,(H,33,35)(H,37,38,39)/p-1/t20-,21+,22-,23-,24-,25+,26+,27+,29+,30-,31-,32-/m1/s1. The third kappa shape index (κ3) is 6.30. The number of carbonyl (C=O) groups is 1. The van der Waals surface area contributed by atoms with E-state index in [1.165, 1.54) is 0 Å². The summed E-state index contributed by atoms with van der Waals surface area (Å²) in [5.74, 6) is 2.24. The molecule has 4 aliphatic carbocycles. The smallest absolute Gasteiger partial charge is 0.220 e. The van der Waals surface area contributed by atoms with E-state index in [1.807, 2.05) is 13.8 Å². The van der Waals surface area contributed by atoms with Crippen molar-refractivity contribution in [3.63, 3.8) is 0 Å². The second-order valence-corrected chi connectivity index (χ2v) is 16.7. The molecule has 0 saturated heterocycles. The maximum absolute atomic E-state index is 12.8. The van der Waals surface area contributed by atoms with Gasteiger partial charge in [-0.3, -0.25) is 4.79 Å². The van der Waals surface area contributed by atoms with Gasteiger partial charge in [0.25, 0.3) is 0 Å². The van der Waals surface area contributed by atoms with Crippen molar-refractivity contribution >= 4 is 16.0 Å². The Balaban J connectivity index is 1.43. The van der Waals surface area contributed by atoms with E-state index in [-0.39, 0.29) is 40.8 Å². The first-order valence-corrected chi connectivity index (χ1v) is 17.8. The van der Waals surface area contributed by atoms with Gasteiger partial charge in [-0.15, -0.1) is 0 Å². The van der Waals surface area contributed by atoms with Gasteiger partial charge in [0, 0.05) is 12.5 Å². The van der Waals surface area contributed by atoms with Gasteiger partial charge >= 0.3 is 0 Å². The minimum Gasteiger partial charge on any atom is -0.748 e. The molecule has 0 aromatic heterocycles. The van der Waals surface area contributed by atoms with E-state index >= 15 is 0 Å². The van der Waals surface area contributed by atoms with Crippen LogP contribution in [0.25, 0.3) is 0 Å². The third-order valence-corrected chi connectivity index (χ3v) is 13.3. The maximum Gasteiger partial charge on any atom is 0.220 e. The predicted octanol–water partition coefficient (Wildman–Crippen LogP) is 5.11. The first kappa shape index (κ1) is 32.2. The number of hydrogen-bond acceptors (Lipinski definition) is 6. The molecule has 0 aliphatic heterocycles. The number of rotatable bonds is 10. The van der Waals surface area contributed by atoms with Gasteiger partial charge in [-0.2, -0.15) is 0 Å². The van der Waals surface area contributed by atoms with Crippen LogP contribution >= 0.6 is 0 Å². The summed E-state index contributed by atoms with van der Waals surface area (Å²) in [7, 11) is -4.41. The summed E-state index contributed by atoms with van der Waals surface area (Å²) in [4.78, 5) is 12.8. The Morgan fingerprint density at radius 3 is 2.27 bits per heavy atom. The highest BCUT2D eigenvalue weighted by Crippen LogP contribution is 2.69. The van der Waals surface area contributed by atoms with E-state index in [9.17, 15) is 28.0 Å². The van der Waals surface area contributed by atoms with Crippen LogP contribution in [-0.4, -0.2) is 53.1 Å². The van der Waals surface area contributed by atoms with Crippen molar-refractivity contribution in [1.82, 2.24) is 5.32 Å². The Hall–Kier alpha value is -0.700. The molecule has 232 valence electrons. The molecule has 0 aromatic carbocycles. The Bertz CT molecular complexity index is 1000. The normalized spacial score (nSPS) is 43.0. The highest BCUT2D eigenvalue weighted by Gasteiger charge is 2.64. The molecule has 4 aliphatic rings. The summed E-state index contributed by atoms with van der Waals surface area (Å²) in [6, 6.07) is -0.639. The Morgan fingerprint density at radius 2 is 1.65 bits per heavy atom. The van der Waals surface area contributed by atoms with Gasteiger partial charge in [0.15, 0.2) is 0 Å². The molecule has 4 saturated carbocycles. The minimum absolute atomic E-state index is 0.143. The summed E-state index contributed by atoms with van der Waals surface area (Å²) in [6.45, 7) is 13.3. The van der Waals surface area contributed by atoms with Crippen LogP contribution < -0.4 is 5.32 Å². The van der Waals surface area contributed by atoms with Crippen molar-refractivity contribution in [1.29, 1.82) is 0 Å². The molecule has 0 aromatic rings. The van der Waals surface area contributed by atoms with Crippen LogP contribution in [-0.2, 0) is 14.9 Å². The first-order chi connectivity index (χ1) is 18.6. The van der Waals surface area contributed by atoms with Crippen LogP contribution in [0.4, 0.5) is 0 Å². The molecule has 4 fully saturated rings. The average molecular weight is 583 g/mol. The molecule has 0 bridgehead atoms. The van der Waals surface area contributed by atoms with E-state index in [0.717, 1.165) is 57.8 Å². The molecular formula is C32H56NO6S-. The van der Waals surface area contributed by atoms with E-state index in [0.29, 0.717) is 48.3 Å². The fourth-order valence-electron chi connectivity index (χ4n) is 10.8. The van der Waals surface area contributed by atoms with Crippen molar-refractivity contribution in [3.8, 4) is 0 Å². The maximum atomic E-state index is 12.8. The zero-order valence-electron chi connectivity index (χ0n) is 25.8. The third-order valence-electron chi connectivity index (χ3n) is 12.5. The minimum atomic E-state index is -4.41. The molecule has 3 N–H and O–H groups in total. The van der Waals surface area contributed by atoms with Crippen LogP contribution in [0.3, 0.4) is 0 Å². The number of hydrogen-bond donors (Lipinski definition) is 3. The highest BCUT2D eigenvalue weighted by molar-refractivity contribution is 7.85. The number of aliphatic hydroxyl groups excluding tert-OH is 2. The molecular weight excluding hydrogens is 526 g/mol. The van der Waals surface area contributed by atoms with E-state index in [1.54, 1.807) is 0 Å². The molecule has 0 radical (unpaired) electrons. The second-order valence-electron chi connectivity index (χ2n) is 15.3. The molecule has 8 heteroatoms. The van der Waals surface area contributed by atoms with Crippen molar-refractivity contribution < 1.29 is 28.0 Å². The number of fused-ring (bicyclic) bond motifs is 5. The van der Waals surface area contributed by atoms with E-state index in [4.69, 9.17) is 0 Å². The van der Waals surface area contributed by atoms with Gasteiger partial charge in [-0.05, 0) is 116 Å². The topological polar surface area (TPSA) is 127 Å². The number of aliphatic hydroxyl groups is 2. The van der Waals surface area contributed by atoms with Gasteiger partial charge in [-0.1, -0.05) is 48.0 Å². The Kier molecular flexibility index (Phi) is 9.76. The summed E-state index contributed by atoms with van der Waals surface area (Å²) in [6.07, 6.45) is 9.29. The summed E-state index contributed by atoms with van der Waals surface area (Å²) in [5, 5.41) is 25.2. The first-order valence-electron chi connectivity index (χ1n) is 16.2. The van der Waals surface area contributed by atoms with Gasteiger partial charge < -0.3 is 20.1 Å². The summed E-state index contributed by atoms with van der Waals surface area (Å²) in [5.41, 5.74) is 0.335. The summed E-state index contributed by atoms with van der Waals surface area (Å²) >= 11 is 0. The fourth-order valence-corrected chi connectivity index (χ4v) is 11.5. The zero-order valence-corrected chi connectivity index (χ0v) is 26.6.